The van der Waals surface area contributed by atoms with E-state index in [1.165, 1.54) is 0 Å². The molecule has 7 nitrogen and oxygen atoms in total. The summed E-state index contributed by atoms with van der Waals surface area (Å²) in [7, 11) is 2.01. The molecule has 1 fully saturated rings. The molecule has 0 unspecified atom stereocenters. The molecule has 0 amide bonds. The first-order chi connectivity index (χ1) is 12.8. The summed E-state index contributed by atoms with van der Waals surface area (Å²) in [5.41, 5.74) is 2.85. The Morgan fingerprint density at radius 1 is 1.00 bits per heavy atom. The quantitative estimate of drug-likeness (QED) is 0.567. The van der Waals surface area contributed by atoms with Crippen LogP contribution in [0.1, 0.15) is 5.69 Å². The van der Waals surface area contributed by atoms with Gasteiger partial charge in [-0.15, -0.1) is 0 Å². The first-order valence-corrected chi connectivity index (χ1v) is 8.86. The van der Waals surface area contributed by atoms with E-state index in [9.17, 15) is 0 Å². The van der Waals surface area contributed by atoms with Crippen LogP contribution in [-0.4, -0.2) is 50.8 Å². The molecule has 0 radical (unpaired) electrons. The molecule has 4 aromatic rings. The summed E-state index contributed by atoms with van der Waals surface area (Å²) in [5.74, 6) is 1.03. The summed E-state index contributed by atoms with van der Waals surface area (Å²) in [6, 6.07) is 10.1. The lowest BCUT2D eigenvalue weighted by Gasteiger charge is -2.35. The Kier molecular flexibility index (Phi) is 3.60. The number of benzene rings is 1. The number of piperazine rings is 1. The van der Waals surface area contributed by atoms with Crippen molar-refractivity contribution in [1.82, 2.24) is 24.6 Å². The molecule has 1 aliphatic rings. The van der Waals surface area contributed by atoms with Gasteiger partial charge in [0.15, 0.2) is 5.58 Å². The lowest BCUT2D eigenvalue weighted by molar-refractivity contribution is 0.243. The number of aromatic nitrogens is 4. The molecule has 1 aromatic carbocycles. The van der Waals surface area contributed by atoms with Gasteiger partial charge in [-0.2, -0.15) is 0 Å². The fourth-order valence-electron chi connectivity index (χ4n) is 3.70. The van der Waals surface area contributed by atoms with E-state index in [1.807, 2.05) is 36.0 Å². The highest BCUT2D eigenvalue weighted by Crippen LogP contribution is 2.25. The van der Waals surface area contributed by atoms with Crippen molar-refractivity contribution in [3.63, 3.8) is 0 Å². The molecule has 3 aromatic heterocycles. The Labute approximate surface area is 150 Å². The van der Waals surface area contributed by atoms with Crippen molar-refractivity contribution in [2.24, 2.45) is 7.05 Å². The summed E-state index contributed by atoms with van der Waals surface area (Å²) < 4.78 is 7.46. The van der Waals surface area contributed by atoms with Crippen LogP contribution in [0.5, 0.6) is 0 Å². The van der Waals surface area contributed by atoms with Gasteiger partial charge >= 0.3 is 0 Å². The van der Waals surface area contributed by atoms with Gasteiger partial charge in [-0.05, 0) is 18.2 Å². The largest absolute Gasteiger partial charge is 0.356 e. The average molecular weight is 348 g/mol. The van der Waals surface area contributed by atoms with Gasteiger partial charge in [0.1, 0.15) is 23.5 Å². The fraction of sp³-hybridized carbons (Fsp3) is 0.316. The van der Waals surface area contributed by atoms with Crippen molar-refractivity contribution < 1.29 is 4.52 Å². The molecule has 1 aliphatic heterocycles. The monoisotopic (exact) mass is 348 g/mol. The van der Waals surface area contributed by atoms with Gasteiger partial charge in [-0.3, -0.25) is 4.90 Å². The van der Waals surface area contributed by atoms with Crippen LogP contribution in [0, 0.1) is 0 Å². The van der Waals surface area contributed by atoms with Crippen molar-refractivity contribution in [2.45, 2.75) is 6.54 Å². The van der Waals surface area contributed by atoms with Crippen LogP contribution in [0.2, 0.25) is 0 Å². The number of nitrogens with zero attached hydrogens (tertiary/aromatic N) is 6. The standard InChI is InChI=1S/C19H20N6O/c1-23-7-6-15-18(23)20-13-21-19(15)25-10-8-24(9-11-25)12-16-14-4-2-3-5-17(14)26-22-16/h2-7,13H,8-12H2,1H3. The summed E-state index contributed by atoms with van der Waals surface area (Å²) in [5, 5.41) is 6.48. The number of anilines is 1. The number of aryl methyl sites for hydroxylation is 1. The molecule has 0 spiro atoms. The van der Waals surface area contributed by atoms with Crippen LogP contribution in [0.25, 0.3) is 22.0 Å². The number of para-hydroxylation sites is 1. The molecular weight excluding hydrogens is 328 g/mol. The lowest BCUT2D eigenvalue weighted by Crippen LogP contribution is -2.46. The van der Waals surface area contributed by atoms with Crippen molar-refractivity contribution in [3.05, 3.63) is 48.5 Å². The van der Waals surface area contributed by atoms with E-state index in [-0.39, 0.29) is 0 Å². The molecule has 0 bridgehead atoms. The normalized spacial score (nSPS) is 16.0. The minimum atomic E-state index is 0.815. The zero-order chi connectivity index (χ0) is 17.5. The van der Waals surface area contributed by atoms with Crippen molar-refractivity contribution in [1.29, 1.82) is 0 Å². The average Bonchev–Trinajstić information content (AvgIpc) is 3.27. The van der Waals surface area contributed by atoms with Crippen LogP contribution >= 0.6 is 0 Å². The Morgan fingerprint density at radius 2 is 1.85 bits per heavy atom. The Balaban J connectivity index is 1.31. The highest BCUT2D eigenvalue weighted by atomic mass is 16.5. The number of rotatable bonds is 3. The topological polar surface area (TPSA) is 63.2 Å². The van der Waals surface area contributed by atoms with Gasteiger partial charge in [0, 0.05) is 51.4 Å². The van der Waals surface area contributed by atoms with E-state index < -0.39 is 0 Å². The van der Waals surface area contributed by atoms with Crippen LogP contribution in [-0.2, 0) is 13.6 Å². The molecule has 7 heteroatoms. The van der Waals surface area contributed by atoms with Gasteiger partial charge in [-0.1, -0.05) is 17.3 Å². The van der Waals surface area contributed by atoms with E-state index in [1.54, 1.807) is 6.33 Å². The third-order valence-electron chi connectivity index (χ3n) is 5.14. The van der Waals surface area contributed by atoms with Crippen molar-refractivity contribution in [2.75, 3.05) is 31.1 Å². The molecule has 4 heterocycles. The summed E-state index contributed by atoms with van der Waals surface area (Å²) >= 11 is 0. The minimum Gasteiger partial charge on any atom is -0.356 e. The molecule has 132 valence electrons. The SMILES string of the molecule is Cn1ccc2c(N3CCN(Cc4noc5ccccc45)CC3)ncnc21. The molecule has 26 heavy (non-hydrogen) atoms. The maximum atomic E-state index is 5.43. The smallest absolute Gasteiger partial charge is 0.167 e. The molecule has 0 saturated carbocycles. The molecule has 0 N–H and O–H groups in total. The predicted octanol–water partition coefficient (Wildman–Crippen LogP) is 2.43. The third-order valence-corrected chi connectivity index (χ3v) is 5.14. The number of hydrogen-bond acceptors (Lipinski definition) is 6. The highest BCUT2D eigenvalue weighted by Gasteiger charge is 2.22. The fourth-order valence-corrected chi connectivity index (χ4v) is 3.70. The Morgan fingerprint density at radius 3 is 2.73 bits per heavy atom. The zero-order valence-electron chi connectivity index (χ0n) is 14.7. The first-order valence-electron chi connectivity index (χ1n) is 8.86. The molecule has 0 atom stereocenters. The maximum absolute atomic E-state index is 5.43. The number of fused-ring (bicyclic) bond motifs is 2. The van der Waals surface area contributed by atoms with Crippen LogP contribution in [0.3, 0.4) is 0 Å². The van der Waals surface area contributed by atoms with E-state index in [0.29, 0.717) is 0 Å². The summed E-state index contributed by atoms with van der Waals surface area (Å²) in [6.45, 7) is 4.64. The maximum Gasteiger partial charge on any atom is 0.167 e. The highest BCUT2D eigenvalue weighted by molar-refractivity contribution is 5.87. The first kappa shape index (κ1) is 15.3. The number of hydrogen-bond donors (Lipinski definition) is 0. The van der Waals surface area contributed by atoms with Gasteiger partial charge in [0.05, 0.1) is 5.39 Å². The van der Waals surface area contributed by atoms with Crippen LogP contribution < -0.4 is 4.90 Å². The molecule has 5 rings (SSSR count). The van der Waals surface area contributed by atoms with Gasteiger partial charge in [-0.25, -0.2) is 9.97 Å². The third kappa shape index (κ3) is 2.52. The van der Waals surface area contributed by atoms with Gasteiger partial charge in [0.25, 0.3) is 0 Å². The zero-order valence-corrected chi connectivity index (χ0v) is 14.7. The minimum absolute atomic E-state index is 0.815. The second kappa shape index (κ2) is 6.10. The molecule has 1 saturated heterocycles. The van der Waals surface area contributed by atoms with E-state index in [4.69, 9.17) is 4.52 Å². The molecule has 0 aliphatic carbocycles. The second-order valence-electron chi connectivity index (χ2n) is 6.75. The Hall–Kier alpha value is -2.93. The lowest BCUT2D eigenvalue weighted by atomic mass is 10.2. The predicted molar refractivity (Wildman–Crippen MR) is 100 cm³/mol. The van der Waals surface area contributed by atoms with Crippen LogP contribution in [0.4, 0.5) is 5.82 Å². The van der Waals surface area contributed by atoms with Gasteiger partial charge in [0.2, 0.25) is 0 Å². The summed E-state index contributed by atoms with van der Waals surface area (Å²) in [6.07, 6.45) is 3.69. The summed E-state index contributed by atoms with van der Waals surface area (Å²) in [4.78, 5) is 13.7. The van der Waals surface area contributed by atoms with Gasteiger partial charge < -0.3 is 14.0 Å². The van der Waals surface area contributed by atoms with E-state index >= 15 is 0 Å². The van der Waals surface area contributed by atoms with E-state index in [0.717, 1.165) is 66.2 Å². The second-order valence-corrected chi connectivity index (χ2v) is 6.75. The van der Waals surface area contributed by atoms with Crippen molar-refractivity contribution >= 4 is 27.8 Å². The Bertz CT molecular complexity index is 1060. The van der Waals surface area contributed by atoms with Crippen LogP contribution in [0.15, 0.2) is 47.4 Å². The molecular formula is C19H20N6O. The van der Waals surface area contributed by atoms with E-state index in [2.05, 4.69) is 37.1 Å². The van der Waals surface area contributed by atoms with Crippen molar-refractivity contribution in [3.8, 4) is 0 Å².